The van der Waals surface area contributed by atoms with Gasteiger partial charge in [0.05, 0.1) is 11.7 Å². The van der Waals surface area contributed by atoms with E-state index < -0.39 is 0 Å². The summed E-state index contributed by atoms with van der Waals surface area (Å²) >= 11 is 0. The average Bonchev–Trinajstić information content (AvgIpc) is 3.21. The predicted molar refractivity (Wildman–Crippen MR) is 102 cm³/mol. The molecule has 0 unspecified atom stereocenters. The number of fused-ring (bicyclic) bond motifs is 1. The van der Waals surface area contributed by atoms with Crippen LogP contribution in [0.2, 0.25) is 0 Å². The second-order valence-electron chi connectivity index (χ2n) is 8.12. The number of aromatic nitrogens is 2. The zero-order valence-corrected chi connectivity index (χ0v) is 16.1. The monoisotopic (exact) mass is 357 g/mol. The summed E-state index contributed by atoms with van der Waals surface area (Å²) in [5, 5.41) is 3.28. The summed E-state index contributed by atoms with van der Waals surface area (Å²) in [6.07, 6.45) is 8.71. The second kappa shape index (κ2) is 7.51. The molecule has 1 saturated carbocycles. The number of hydrogen-bond acceptors (Lipinski definition) is 5. The SMILES string of the molecule is CNc1nc([C@H]2CCCCN2C(=O)C2CCCC2)nc2c1CCN(C)C2. The highest BCUT2D eigenvalue weighted by atomic mass is 16.2. The van der Waals surface area contributed by atoms with E-state index in [4.69, 9.17) is 9.97 Å². The maximum absolute atomic E-state index is 13.1. The van der Waals surface area contributed by atoms with Crippen LogP contribution in [0.15, 0.2) is 0 Å². The number of hydrogen-bond donors (Lipinski definition) is 1. The van der Waals surface area contributed by atoms with Crippen molar-refractivity contribution >= 4 is 11.7 Å². The molecule has 3 aliphatic rings. The predicted octanol–water partition coefficient (Wildman–Crippen LogP) is 2.75. The quantitative estimate of drug-likeness (QED) is 0.901. The molecule has 142 valence electrons. The van der Waals surface area contributed by atoms with E-state index in [1.54, 1.807) is 0 Å². The summed E-state index contributed by atoms with van der Waals surface area (Å²) in [5.41, 5.74) is 2.38. The minimum atomic E-state index is 0.0430. The van der Waals surface area contributed by atoms with Gasteiger partial charge in [0.15, 0.2) is 5.82 Å². The lowest BCUT2D eigenvalue weighted by Crippen LogP contribution is -2.42. The van der Waals surface area contributed by atoms with E-state index in [2.05, 4.69) is 22.2 Å². The third kappa shape index (κ3) is 3.31. The molecule has 6 nitrogen and oxygen atoms in total. The molecule has 26 heavy (non-hydrogen) atoms. The zero-order valence-electron chi connectivity index (χ0n) is 16.1. The van der Waals surface area contributed by atoms with Crippen molar-refractivity contribution in [2.75, 3.05) is 32.5 Å². The van der Waals surface area contributed by atoms with Crippen LogP contribution in [0.5, 0.6) is 0 Å². The molecular weight excluding hydrogens is 326 g/mol. The zero-order chi connectivity index (χ0) is 18.1. The normalized spacial score (nSPS) is 24.5. The van der Waals surface area contributed by atoms with Gasteiger partial charge in [0.1, 0.15) is 5.82 Å². The van der Waals surface area contributed by atoms with Crippen LogP contribution in [0.1, 0.15) is 68.1 Å². The first-order valence-corrected chi connectivity index (χ1v) is 10.2. The van der Waals surface area contributed by atoms with Gasteiger partial charge in [-0.2, -0.15) is 0 Å². The largest absolute Gasteiger partial charge is 0.373 e. The molecule has 3 heterocycles. The number of nitrogens with one attached hydrogen (secondary N) is 1. The van der Waals surface area contributed by atoms with Crippen LogP contribution in [0.4, 0.5) is 5.82 Å². The molecule has 0 spiro atoms. The van der Waals surface area contributed by atoms with Crippen molar-refractivity contribution in [3.63, 3.8) is 0 Å². The Labute approximate surface area is 156 Å². The van der Waals surface area contributed by atoms with Crippen LogP contribution >= 0.6 is 0 Å². The maximum Gasteiger partial charge on any atom is 0.226 e. The highest BCUT2D eigenvalue weighted by Gasteiger charge is 2.35. The van der Waals surface area contributed by atoms with E-state index in [0.717, 1.165) is 75.5 Å². The van der Waals surface area contributed by atoms with Crippen molar-refractivity contribution in [2.24, 2.45) is 5.92 Å². The Bertz CT molecular complexity index is 670. The second-order valence-corrected chi connectivity index (χ2v) is 8.12. The molecule has 0 aromatic carbocycles. The standard InChI is InChI=1S/C20H31N5O/c1-21-18-15-10-12-24(2)13-16(15)22-19(23-18)17-9-5-6-11-25(17)20(26)14-7-3-4-8-14/h14,17H,3-13H2,1-2H3,(H,21,22,23)/t17-/m1/s1. The number of nitrogens with zero attached hydrogens (tertiary/aromatic N) is 4. The molecule has 2 aliphatic heterocycles. The molecule has 0 bridgehead atoms. The van der Waals surface area contributed by atoms with Gasteiger partial charge in [-0.25, -0.2) is 9.97 Å². The van der Waals surface area contributed by atoms with Crippen molar-refractivity contribution in [3.05, 3.63) is 17.1 Å². The Balaban J connectivity index is 1.65. The molecule has 1 atom stereocenters. The van der Waals surface area contributed by atoms with Crippen LogP contribution < -0.4 is 5.32 Å². The molecule has 1 amide bonds. The van der Waals surface area contributed by atoms with Crippen LogP contribution in [-0.2, 0) is 17.8 Å². The number of anilines is 1. The van der Waals surface area contributed by atoms with E-state index in [0.29, 0.717) is 5.91 Å². The lowest BCUT2D eigenvalue weighted by atomic mass is 9.97. The van der Waals surface area contributed by atoms with Gasteiger partial charge in [-0.1, -0.05) is 12.8 Å². The first-order valence-electron chi connectivity index (χ1n) is 10.2. The molecule has 1 aliphatic carbocycles. The Kier molecular flexibility index (Phi) is 5.11. The number of carbonyl (C=O) groups is 1. The van der Waals surface area contributed by atoms with Crippen molar-refractivity contribution in [2.45, 2.75) is 64.0 Å². The first-order chi connectivity index (χ1) is 12.7. The molecular formula is C20H31N5O. The van der Waals surface area contributed by atoms with Gasteiger partial charge in [0, 0.05) is 38.2 Å². The average molecular weight is 358 g/mol. The van der Waals surface area contributed by atoms with Crippen molar-refractivity contribution < 1.29 is 4.79 Å². The van der Waals surface area contributed by atoms with Gasteiger partial charge < -0.3 is 15.1 Å². The van der Waals surface area contributed by atoms with Crippen LogP contribution in [0.25, 0.3) is 0 Å². The number of rotatable bonds is 3. The summed E-state index contributed by atoms with van der Waals surface area (Å²) in [7, 11) is 4.08. The highest BCUT2D eigenvalue weighted by molar-refractivity contribution is 5.79. The first kappa shape index (κ1) is 17.7. The topological polar surface area (TPSA) is 61.4 Å². The molecule has 6 heteroatoms. The number of piperidine rings is 1. The van der Waals surface area contributed by atoms with Gasteiger partial charge in [-0.05, 0) is 45.6 Å². The van der Waals surface area contributed by atoms with Crippen molar-refractivity contribution in [1.29, 1.82) is 0 Å². The van der Waals surface area contributed by atoms with E-state index in [9.17, 15) is 4.79 Å². The Hall–Kier alpha value is -1.69. The van der Waals surface area contributed by atoms with Crippen LogP contribution in [0.3, 0.4) is 0 Å². The van der Waals surface area contributed by atoms with Gasteiger partial charge in [-0.15, -0.1) is 0 Å². The van der Waals surface area contributed by atoms with Gasteiger partial charge in [0.25, 0.3) is 0 Å². The summed E-state index contributed by atoms with van der Waals surface area (Å²) in [6.45, 7) is 2.76. The van der Waals surface area contributed by atoms with Gasteiger partial charge >= 0.3 is 0 Å². The van der Waals surface area contributed by atoms with Crippen molar-refractivity contribution in [3.8, 4) is 0 Å². The summed E-state index contributed by atoms with van der Waals surface area (Å²) in [5.74, 6) is 2.37. The van der Waals surface area contributed by atoms with Gasteiger partial charge in [-0.3, -0.25) is 4.79 Å². The molecule has 1 N–H and O–H groups in total. The lowest BCUT2D eigenvalue weighted by Gasteiger charge is -2.37. The van der Waals surface area contributed by atoms with E-state index in [-0.39, 0.29) is 12.0 Å². The van der Waals surface area contributed by atoms with Crippen molar-refractivity contribution in [1.82, 2.24) is 19.8 Å². The van der Waals surface area contributed by atoms with E-state index >= 15 is 0 Å². The summed E-state index contributed by atoms with van der Waals surface area (Å²) < 4.78 is 0. The third-order valence-corrected chi connectivity index (χ3v) is 6.30. The number of amides is 1. The van der Waals surface area contributed by atoms with Crippen LogP contribution in [-0.4, -0.2) is 52.9 Å². The lowest BCUT2D eigenvalue weighted by molar-refractivity contribution is -0.139. The number of likely N-dealkylation sites (N-methyl/N-ethyl adjacent to an activating group) is 1. The molecule has 2 fully saturated rings. The minimum absolute atomic E-state index is 0.0430. The van der Waals surface area contributed by atoms with E-state index in [1.807, 2.05) is 7.05 Å². The molecule has 1 aromatic rings. The fraction of sp³-hybridized carbons (Fsp3) is 0.750. The Morgan fingerprint density at radius 1 is 1.08 bits per heavy atom. The third-order valence-electron chi connectivity index (χ3n) is 6.30. The fourth-order valence-corrected chi connectivity index (χ4v) is 4.81. The maximum atomic E-state index is 13.1. The van der Waals surface area contributed by atoms with E-state index in [1.165, 1.54) is 18.4 Å². The molecule has 1 aromatic heterocycles. The summed E-state index contributed by atoms with van der Waals surface area (Å²) in [6, 6.07) is 0.0430. The Morgan fingerprint density at radius 3 is 2.62 bits per heavy atom. The summed E-state index contributed by atoms with van der Waals surface area (Å²) in [4.78, 5) is 27.4. The van der Waals surface area contributed by atoms with Crippen LogP contribution in [0, 0.1) is 5.92 Å². The van der Waals surface area contributed by atoms with Gasteiger partial charge in [0.2, 0.25) is 5.91 Å². The fourth-order valence-electron chi connectivity index (χ4n) is 4.81. The molecule has 0 radical (unpaired) electrons. The Morgan fingerprint density at radius 2 is 1.85 bits per heavy atom. The molecule has 1 saturated heterocycles. The number of carbonyl (C=O) groups excluding carboxylic acids is 1. The minimum Gasteiger partial charge on any atom is -0.373 e. The number of likely N-dealkylation sites (tertiary alicyclic amines) is 1. The highest BCUT2D eigenvalue weighted by Crippen LogP contribution is 2.35. The molecule has 4 rings (SSSR count). The smallest absolute Gasteiger partial charge is 0.226 e.